The lowest BCUT2D eigenvalue weighted by atomic mass is 10.1. The van der Waals surface area contributed by atoms with E-state index in [1.54, 1.807) is 6.92 Å². The molecule has 0 radical (unpaired) electrons. The van der Waals surface area contributed by atoms with Gasteiger partial charge >= 0.3 is 0 Å². The molecular formula is C14H22O2. The summed E-state index contributed by atoms with van der Waals surface area (Å²) in [7, 11) is 0. The Bertz CT molecular complexity index is 288. The third kappa shape index (κ3) is 4.67. The summed E-state index contributed by atoms with van der Waals surface area (Å²) < 4.78 is 5.61. The van der Waals surface area contributed by atoms with E-state index < -0.39 is 6.10 Å². The van der Waals surface area contributed by atoms with Crippen molar-refractivity contribution < 1.29 is 9.84 Å². The van der Waals surface area contributed by atoms with E-state index in [4.69, 9.17) is 4.74 Å². The quantitative estimate of drug-likeness (QED) is 0.746. The molecule has 0 bridgehead atoms. The summed E-state index contributed by atoms with van der Waals surface area (Å²) >= 11 is 0. The third-order valence-electron chi connectivity index (χ3n) is 2.56. The molecule has 1 aromatic carbocycles. The standard InChI is InChI=1S/C14H22O2/c1-11(2)5-4-10-16-14-8-6-13(7-9-14)12(3)15/h6-9,11-12,15H,4-5,10H2,1-3H3. The summed E-state index contributed by atoms with van der Waals surface area (Å²) in [4.78, 5) is 0. The molecule has 1 aromatic rings. The molecule has 0 aliphatic carbocycles. The van der Waals surface area contributed by atoms with Crippen molar-refractivity contribution in [1.82, 2.24) is 0 Å². The average molecular weight is 222 g/mol. The second-order valence-electron chi connectivity index (χ2n) is 4.63. The molecule has 0 aromatic heterocycles. The molecule has 1 atom stereocenters. The maximum Gasteiger partial charge on any atom is 0.119 e. The third-order valence-corrected chi connectivity index (χ3v) is 2.56. The zero-order valence-corrected chi connectivity index (χ0v) is 10.4. The minimum Gasteiger partial charge on any atom is -0.494 e. The number of aliphatic hydroxyl groups excluding tert-OH is 1. The van der Waals surface area contributed by atoms with E-state index in [0.717, 1.165) is 30.3 Å². The van der Waals surface area contributed by atoms with Crippen molar-refractivity contribution in [2.24, 2.45) is 5.92 Å². The van der Waals surface area contributed by atoms with Crippen LogP contribution in [0.2, 0.25) is 0 Å². The Hall–Kier alpha value is -1.02. The predicted octanol–water partition coefficient (Wildman–Crippen LogP) is 3.55. The number of aliphatic hydroxyl groups is 1. The summed E-state index contributed by atoms with van der Waals surface area (Å²) in [5, 5.41) is 9.35. The van der Waals surface area contributed by atoms with Crippen LogP contribution in [0.25, 0.3) is 0 Å². The molecule has 1 unspecified atom stereocenters. The van der Waals surface area contributed by atoms with E-state index in [2.05, 4.69) is 13.8 Å². The van der Waals surface area contributed by atoms with Gasteiger partial charge in [0, 0.05) is 0 Å². The number of rotatable bonds is 6. The normalized spacial score (nSPS) is 12.8. The molecule has 0 spiro atoms. The second-order valence-corrected chi connectivity index (χ2v) is 4.63. The fraction of sp³-hybridized carbons (Fsp3) is 0.571. The lowest BCUT2D eigenvalue weighted by molar-refractivity contribution is 0.199. The fourth-order valence-corrected chi connectivity index (χ4v) is 1.52. The molecule has 1 rings (SSSR count). The molecule has 0 heterocycles. The van der Waals surface area contributed by atoms with Crippen LogP contribution in [-0.2, 0) is 0 Å². The monoisotopic (exact) mass is 222 g/mol. The highest BCUT2D eigenvalue weighted by Gasteiger charge is 2.00. The fourth-order valence-electron chi connectivity index (χ4n) is 1.52. The Morgan fingerprint density at radius 1 is 1.12 bits per heavy atom. The van der Waals surface area contributed by atoms with Crippen molar-refractivity contribution in [2.75, 3.05) is 6.61 Å². The van der Waals surface area contributed by atoms with E-state index >= 15 is 0 Å². The lowest BCUT2D eigenvalue weighted by Crippen LogP contribution is -2.00. The van der Waals surface area contributed by atoms with Gasteiger partial charge in [-0.25, -0.2) is 0 Å². The summed E-state index contributed by atoms with van der Waals surface area (Å²) in [5.41, 5.74) is 0.925. The van der Waals surface area contributed by atoms with Gasteiger partial charge in [-0.05, 0) is 43.4 Å². The van der Waals surface area contributed by atoms with Gasteiger partial charge in [0.2, 0.25) is 0 Å². The van der Waals surface area contributed by atoms with Crippen LogP contribution in [0.1, 0.15) is 45.3 Å². The number of ether oxygens (including phenoxy) is 1. The Balaban J connectivity index is 2.32. The molecule has 0 aliphatic heterocycles. The zero-order valence-electron chi connectivity index (χ0n) is 10.4. The molecule has 2 nitrogen and oxygen atoms in total. The van der Waals surface area contributed by atoms with Crippen molar-refractivity contribution in [3.63, 3.8) is 0 Å². The van der Waals surface area contributed by atoms with Gasteiger partial charge < -0.3 is 9.84 Å². The van der Waals surface area contributed by atoms with Gasteiger partial charge in [0.15, 0.2) is 0 Å². The molecule has 0 saturated heterocycles. The Labute approximate surface area is 98.3 Å². The Morgan fingerprint density at radius 2 is 1.75 bits per heavy atom. The first kappa shape index (κ1) is 13.0. The van der Waals surface area contributed by atoms with Gasteiger partial charge in [0.25, 0.3) is 0 Å². The number of hydrogen-bond acceptors (Lipinski definition) is 2. The maximum absolute atomic E-state index is 9.35. The largest absolute Gasteiger partial charge is 0.494 e. The smallest absolute Gasteiger partial charge is 0.119 e. The van der Waals surface area contributed by atoms with E-state index in [9.17, 15) is 5.11 Å². The van der Waals surface area contributed by atoms with E-state index in [-0.39, 0.29) is 0 Å². The van der Waals surface area contributed by atoms with Crippen LogP contribution in [-0.4, -0.2) is 11.7 Å². The molecule has 90 valence electrons. The van der Waals surface area contributed by atoms with Crippen molar-refractivity contribution in [2.45, 2.75) is 39.7 Å². The first-order valence-corrected chi connectivity index (χ1v) is 6.00. The lowest BCUT2D eigenvalue weighted by Gasteiger charge is -2.09. The molecule has 0 saturated carbocycles. The molecule has 0 fully saturated rings. The minimum absolute atomic E-state index is 0.407. The highest BCUT2D eigenvalue weighted by atomic mass is 16.5. The molecule has 0 aliphatic rings. The second kappa shape index (κ2) is 6.54. The van der Waals surface area contributed by atoms with Gasteiger partial charge in [0.1, 0.15) is 5.75 Å². The van der Waals surface area contributed by atoms with Crippen LogP contribution >= 0.6 is 0 Å². The average Bonchev–Trinajstić information content (AvgIpc) is 2.25. The Morgan fingerprint density at radius 3 is 2.25 bits per heavy atom. The van der Waals surface area contributed by atoms with Crippen molar-refractivity contribution in [3.8, 4) is 5.75 Å². The molecule has 2 heteroatoms. The highest BCUT2D eigenvalue weighted by molar-refractivity contribution is 5.28. The van der Waals surface area contributed by atoms with Gasteiger partial charge in [-0.1, -0.05) is 26.0 Å². The van der Waals surface area contributed by atoms with E-state index in [1.807, 2.05) is 24.3 Å². The van der Waals surface area contributed by atoms with Crippen LogP contribution in [0, 0.1) is 5.92 Å². The van der Waals surface area contributed by atoms with Crippen LogP contribution in [0.3, 0.4) is 0 Å². The molecule has 16 heavy (non-hydrogen) atoms. The van der Waals surface area contributed by atoms with Gasteiger partial charge in [0.05, 0.1) is 12.7 Å². The number of hydrogen-bond donors (Lipinski definition) is 1. The van der Waals surface area contributed by atoms with E-state index in [0.29, 0.717) is 0 Å². The molecular weight excluding hydrogens is 200 g/mol. The SMILES string of the molecule is CC(C)CCCOc1ccc(C(C)O)cc1. The summed E-state index contributed by atoms with van der Waals surface area (Å²) in [6.07, 6.45) is 1.89. The minimum atomic E-state index is -0.407. The topological polar surface area (TPSA) is 29.5 Å². The Kier molecular flexibility index (Phi) is 5.33. The zero-order chi connectivity index (χ0) is 12.0. The van der Waals surface area contributed by atoms with Crippen LogP contribution in [0.15, 0.2) is 24.3 Å². The number of benzene rings is 1. The van der Waals surface area contributed by atoms with Crippen molar-refractivity contribution in [1.29, 1.82) is 0 Å². The van der Waals surface area contributed by atoms with Crippen LogP contribution in [0.4, 0.5) is 0 Å². The van der Waals surface area contributed by atoms with Crippen molar-refractivity contribution >= 4 is 0 Å². The van der Waals surface area contributed by atoms with Gasteiger partial charge in [-0.15, -0.1) is 0 Å². The molecule has 0 amide bonds. The van der Waals surface area contributed by atoms with Crippen LogP contribution < -0.4 is 4.74 Å². The van der Waals surface area contributed by atoms with Gasteiger partial charge in [-0.2, -0.15) is 0 Å². The summed E-state index contributed by atoms with van der Waals surface area (Å²) in [5.74, 6) is 1.62. The van der Waals surface area contributed by atoms with Gasteiger partial charge in [-0.3, -0.25) is 0 Å². The van der Waals surface area contributed by atoms with Crippen molar-refractivity contribution in [3.05, 3.63) is 29.8 Å². The first-order valence-electron chi connectivity index (χ1n) is 6.00. The molecule has 1 N–H and O–H groups in total. The van der Waals surface area contributed by atoms with Crippen LogP contribution in [0.5, 0.6) is 5.75 Å². The highest BCUT2D eigenvalue weighted by Crippen LogP contribution is 2.17. The maximum atomic E-state index is 9.35. The van der Waals surface area contributed by atoms with E-state index in [1.165, 1.54) is 6.42 Å². The predicted molar refractivity (Wildman–Crippen MR) is 66.6 cm³/mol. The first-order chi connectivity index (χ1) is 7.59. The summed E-state index contributed by atoms with van der Waals surface area (Å²) in [6.45, 7) is 6.97. The summed E-state index contributed by atoms with van der Waals surface area (Å²) in [6, 6.07) is 7.64.